The van der Waals surface area contributed by atoms with Gasteiger partial charge in [0, 0.05) is 43.8 Å². The van der Waals surface area contributed by atoms with Crippen LogP contribution in [0.2, 0.25) is 0 Å². The van der Waals surface area contributed by atoms with Crippen LogP contribution in [0.1, 0.15) is 0 Å². The lowest BCUT2D eigenvalue weighted by Crippen LogP contribution is -1.91. The van der Waals surface area contributed by atoms with E-state index in [9.17, 15) is 0 Å². The van der Waals surface area contributed by atoms with Crippen molar-refractivity contribution in [3.8, 4) is 89.3 Å². The maximum absolute atomic E-state index is 6.76. The summed E-state index contributed by atoms with van der Waals surface area (Å²) in [4.78, 5) is 9.68. The predicted molar refractivity (Wildman–Crippen MR) is 280 cm³/mol. The maximum Gasteiger partial charge on any atom is 0.143 e. The van der Waals surface area contributed by atoms with Crippen molar-refractivity contribution < 1.29 is 8.83 Å². The molecule has 10 aromatic carbocycles. The Bertz CT molecular complexity index is 3750. The standard InChI is InChI=1S/C64H40N2O2/c1-5-15-41(16-6-1)45-27-29-61-55(33-45)57-37-51(43-19-9-3-10-20-43)35-53(63(57)67-61)47-23-13-25-49(31-47)59-39-60(66-40-65-59)50-26-14-24-48(32-50)54-36-52(44-21-11-4-12-22-44)38-58-56-34-46(42-17-7-2-8-18-42)28-30-62(56)68-64(54)58/h1-40H. The van der Waals surface area contributed by atoms with E-state index in [4.69, 9.17) is 18.8 Å². The van der Waals surface area contributed by atoms with Gasteiger partial charge in [0.1, 0.15) is 28.7 Å². The zero-order chi connectivity index (χ0) is 45.0. The van der Waals surface area contributed by atoms with Gasteiger partial charge in [0.25, 0.3) is 0 Å². The molecule has 13 aromatic rings. The van der Waals surface area contributed by atoms with Crippen LogP contribution in [0, 0.1) is 0 Å². The highest BCUT2D eigenvalue weighted by atomic mass is 16.3. The van der Waals surface area contributed by atoms with Gasteiger partial charge in [0.05, 0.1) is 11.4 Å². The summed E-state index contributed by atoms with van der Waals surface area (Å²) in [6.07, 6.45) is 1.67. The van der Waals surface area contributed by atoms with Crippen LogP contribution in [0.15, 0.2) is 252 Å². The Balaban J connectivity index is 0.905. The first-order valence-corrected chi connectivity index (χ1v) is 22.9. The minimum Gasteiger partial charge on any atom is -0.455 e. The Morgan fingerprint density at radius 1 is 0.235 bits per heavy atom. The fraction of sp³-hybridized carbons (Fsp3) is 0. The van der Waals surface area contributed by atoms with Gasteiger partial charge in [-0.25, -0.2) is 9.97 Å². The van der Waals surface area contributed by atoms with E-state index >= 15 is 0 Å². The number of furan rings is 2. The number of nitrogens with zero attached hydrogens (tertiary/aromatic N) is 2. The van der Waals surface area contributed by atoms with Gasteiger partial charge in [-0.2, -0.15) is 0 Å². The van der Waals surface area contributed by atoms with E-state index in [-0.39, 0.29) is 0 Å². The van der Waals surface area contributed by atoms with Crippen molar-refractivity contribution in [1.82, 2.24) is 9.97 Å². The molecule has 0 aliphatic carbocycles. The highest BCUT2D eigenvalue weighted by Gasteiger charge is 2.19. The Morgan fingerprint density at radius 2 is 0.588 bits per heavy atom. The topological polar surface area (TPSA) is 52.1 Å². The van der Waals surface area contributed by atoms with Gasteiger partial charge < -0.3 is 8.83 Å². The molecular weight excluding hydrogens is 829 g/mol. The van der Waals surface area contributed by atoms with Crippen molar-refractivity contribution in [3.63, 3.8) is 0 Å². The number of aromatic nitrogens is 2. The first-order valence-electron chi connectivity index (χ1n) is 22.9. The second kappa shape index (κ2) is 16.4. The van der Waals surface area contributed by atoms with Gasteiger partial charge in [-0.1, -0.05) is 170 Å². The van der Waals surface area contributed by atoms with Crippen LogP contribution >= 0.6 is 0 Å². The molecule has 0 amide bonds. The molecule has 0 aliphatic rings. The summed E-state index contributed by atoms with van der Waals surface area (Å²) in [5, 5.41) is 4.33. The minimum absolute atomic E-state index is 0.829. The lowest BCUT2D eigenvalue weighted by Gasteiger charge is -2.11. The molecule has 0 saturated carbocycles. The molecule has 13 rings (SSSR count). The third-order valence-corrected chi connectivity index (χ3v) is 13.2. The van der Waals surface area contributed by atoms with E-state index in [2.05, 4.69) is 237 Å². The van der Waals surface area contributed by atoms with Crippen molar-refractivity contribution in [2.24, 2.45) is 0 Å². The van der Waals surface area contributed by atoms with E-state index in [1.807, 2.05) is 0 Å². The van der Waals surface area contributed by atoms with Crippen molar-refractivity contribution in [2.45, 2.75) is 0 Å². The molecule has 0 N–H and O–H groups in total. The smallest absolute Gasteiger partial charge is 0.143 e. The molecule has 0 atom stereocenters. The van der Waals surface area contributed by atoms with E-state index < -0.39 is 0 Å². The lowest BCUT2D eigenvalue weighted by atomic mass is 9.93. The first kappa shape index (κ1) is 39.3. The first-order chi connectivity index (χ1) is 33.7. The summed E-state index contributed by atoms with van der Waals surface area (Å²) in [6, 6.07) is 83.4. The molecule has 0 spiro atoms. The van der Waals surface area contributed by atoms with Gasteiger partial charge in [-0.15, -0.1) is 0 Å². The van der Waals surface area contributed by atoms with Crippen LogP contribution in [0.3, 0.4) is 0 Å². The van der Waals surface area contributed by atoms with Crippen LogP contribution in [-0.4, -0.2) is 9.97 Å². The summed E-state index contributed by atoms with van der Waals surface area (Å²) in [6.45, 7) is 0. The van der Waals surface area contributed by atoms with Crippen LogP contribution in [0.5, 0.6) is 0 Å². The molecule has 3 aromatic heterocycles. The Morgan fingerprint density at radius 3 is 1.00 bits per heavy atom. The van der Waals surface area contributed by atoms with Gasteiger partial charge in [0.2, 0.25) is 0 Å². The van der Waals surface area contributed by atoms with Crippen LogP contribution in [0.4, 0.5) is 0 Å². The van der Waals surface area contributed by atoms with Gasteiger partial charge in [0.15, 0.2) is 0 Å². The third kappa shape index (κ3) is 7.04. The van der Waals surface area contributed by atoms with E-state index in [0.717, 1.165) is 122 Å². The van der Waals surface area contributed by atoms with Crippen molar-refractivity contribution >= 4 is 43.9 Å². The molecule has 318 valence electrons. The van der Waals surface area contributed by atoms with Gasteiger partial charge in [-0.05, 0) is 122 Å². The molecular formula is C64H40N2O2. The number of hydrogen-bond acceptors (Lipinski definition) is 4. The lowest BCUT2D eigenvalue weighted by molar-refractivity contribution is 0.669. The summed E-state index contributed by atoms with van der Waals surface area (Å²) >= 11 is 0. The van der Waals surface area contributed by atoms with Crippen molar-refractivity contribution in [2.75, 3.05) is 0 Å². The SMILES string of the molecule is c1ccc(-c2ccc3oc4c(-c5cccc(-c6cc(-c7cccc(-c8cc(-c9ccccc9)cc9c8oc8ccc(-c%10ccccc%10)cc89)c7)ncn6)c5)cc(-c5ccccc5)cc4c3c2)cc1. The van der Waals surface area contributed by atoms with Gasteiger partial charge >= 0.3 is 0 Å². The summed E-state index contributed by atoms with van der Waals surface area (Å²) in [5.74, 6) is 0. The molecule has 0 aliphatic heterocycles. The number of fused-ring (bicyclic) bond motifs is 6. The zero-order valence-corrected chi connectivity index (χ0v) is 36.8. The molecule has 4 heteroatoms. The summed E-state index contributed by atoms with van der Waals surface area (Å²) in [7, 11) is 0. The summed E-state index contributed by atoms with van der Waals surface area (Å²) in [5.41, 5.74) is 20.4. The fourth-order valence-electron chi connectivity index (χ4n) is 9.77. The quantitative estimate of drug-likeness (QED) is 0.153. The molecule has 3 heterocycles. The molecule has 0 fully saturated rings. The predicted octanol–water partition coefficient (Wildman–Crippen LogP) is 17.6. The summed E-state index contributed by atoms with van der Waals surface area (Å²) < 4.78 is 13.5. The molecule has 4 nitrogen and oxygen atoms in total. The highest BCUT2D eigenvalue weighted by molar-refractivity contribution is 6.14. The molecule has 0 unspecified atom stereocenters. The van der Waals surface area contributed by atoms with E-state index in [1.54, 1.807) is 6.33 Å². The minimum atomic E-state index is 0.829. The zero-order valence-electron chi connectivity index (χ0n) is 36.8. The second-order valence-corrected chi connectivity index (χ2v) is 17.3. The average Bonchev–Trinajstić information content (AvgIpc) is 3.99. The Kier molecular flexibility index (Phi) is 9.47. The van der Waals surface area contributed by atoms with Crippen LogP contribution in [0.25, 0.3) is 133 Å². The third-order valence-electron chi connectivity index (χ3n) is 13.2. The molecule has 0 saturated heterocycles. The van der Waals surface area contributed by atoms with E-state index in [0.29, 0.717) is 0 Å². The average molecular weight is 869 g/mol. The van der Waals surface area contributed by atoms with Crippen LogP contribution < -0.4 is 0 Å². The van der Waals surface area contributed by atoms with Crippen LogP contribution in [-0.2, 0) is 0 Å². The maximum atomic E-state index is 6.76. The molecule has 0 radical (unpaired) electrons. The molecule has 0 bridgehead atoms. The van der Waals surface area contributed by atoms with Crippen molar-refractivity contribution in [3.05, 3.63) is 243 Å². The Labute approximate surface area is 393 Å². The van der Waals surface area contributed by atoms with E-state index in [1.165, 1.54) is 11.1 Å². The molecule has 68 heavy (non-hydrogen) atoms. The normalized spacial score (nSPS) is 11.5. The number of benzene rings is 10. The number of hydrogen-bond donors (Lipinski definition) is 0. The highest BCUT2D eigenvalue weighted by Crippen LogP contribution is 2.44. The number of rotatable bonds is 8. The van der Waals surface area contributed by atoms with Crippen molar-refractivity contribution in [1.29, 1.82) is 0 Å². The van der Waals surface area contributed by atoms with Gasteiger partial charge in [-0.3, -0.25) is 0 Å². The second-order valence-electron chi connectivity index (χ2n) is 17.3. The Hall–Kier alpha value is -9.12. The fourth-order valence-corrected chi connectivity index (χ4v) is 9.77. The largest absolute Gasteiger partial charge is 0.455 e. The monoisotopic (exact) mass is 868 g/mol.